The van der Waals surface area contributed by atoms with E-state index in [1.165, 1.54) is 0 Å². The summed E-state index contributed by atoms with van der Waals surface area (Å²) in [5.41, 5.74) is 0.161. The third-order valence-corrected chi connectivity index (χ3v) is 2.21. The van der Waals surface area contributed by atoms with Crippen LogP contribution in [0.25, 0.3) is 0 Å². The van der Waals surface area contributed by atoms with Crippen LogP contribution in [0.4, 0.5) is 0 Å². The Balaban J connectivity index is 2.37. The summed E-state index contributed by atoms with van der Waals surface area (Å²) in [6.07, 6.45) is 3.11. The fourth-order valence-corrected chi connectivity index (χ4v) is 0.972. The molecule has 0 aromatic carbocycles. The highest BCUT2D eigenvalue weighted by Gasteiger charge is 2.49. The molecule has 0 aromatic heterocycles. The Morgan fingerprint density at radius 1 is 1.67 bits per heavy atom. The first-order chi connectivity index (χ1) is 5.60. The number of hydrogen-bond donors (Lipinski definition) is 2. The topological polar surface area (TPSA) is 49.3 Å². The van der Waals surface area contributed by atoms with Gasteiger partial charge >= 0.3 is 5.97 Å². The van der Waals surface area contributed by atoms with Crippen molar-refractivity contribution in [2.24, 2.45) is 5.41 Å². The van der Waals surface area contributed by atoms with Crippen molar-refractivity contribution in [3.05, 3.63) is 24.9 Å². The minimum absolute atomic E-state index is 0.465. The van der Waals surface area contributed by atoms with Crippen molar-refractivity contribution in [1.29, 1.82) is 0 Å². The third kappa shape index (κ3) is 1.67. The molecule has 0 unspecified atom stereocenters. The largest absolute Gasteiger partial charge is 0.481 e. The molecular weight excluding hydrogens is 154 g/mol. The van der Waals surface area contributed by atoms with Crippen LogP contribution in [0.3, 0.4) is 0 Å². The van der Waals surface area contributed by atoms with Crippen molar-refractivity contribution in [3.8, 4) is 0 Å². The zero-order valence-electron chi connectivity index (χ0n) is 6.97. The van der Waals surface area contributed by atoms with Crippen LogP contribution in [0.1, 0.15) is 12.8 Å². The summed E-state index contributed by atoms with van der Waals surface area (Å²) in [4.78, 5) is 10.7. The summed E-state index contributed by atoms with van der Waals surface area (Å²) in [6.45, 7) is 7.62. The van der Waals surface area contributed by atoms with E-state index in [0.29, 0.717) is 12.2 Å². The first-order valence-corrected chi connectivity index (χ1v) is 3.89. The van der Waals surface area contributed by atoms with E-state index in [-0.39, 0.29) is 0 Å². The predicted molar refractivity (Wildman–Crippen MR) is 46.6 cm³/mol. The molecule has 2 N–H and O–H groups in total. The quantitative estimate of drug-likeness (QED) is 0.604. The molecule has 1 aliphatic rings. The summed E-state index contributed by atoms with van der Waals surface area (Å²) in [5, 5.41) is 11.7. The van der Waals surface area contributed by atoms with E-state index in [0.717, 1.165) is 12.8 Å². The van der Waals surface area contributed by atoms with Crippen LogP contribution in [0.15, 0.2) is 24.9 Å². The smallest absolute Gasteiger partial charge is 0.311 e. The summed E-state index contributed by atoms with van der Waals surface area (Å²) < 4.78 is 0. The summed E-state index contributed by atoms with van der Waals surface area (Å²) >= 11 is 0. The number of hydrogen-bond acceptors (Lipinski definition) is 2. The lowest BCUT2D eigenvalue weighted by atomic mass is 10.1. The highest BCUT2D eigenvalue weighted by molar-refractivity contribution is 5.78. The maximum absolute atomic E-state index is 10.7. The minimum atomic E-state index is -0.716. The van der Waals surface area contributed by atoms with Crippen molar-refractivity contribution in [2.45, 2.75) is 12.8 Å². The van der Waals surface area contributed by atoms with E-state index in [2.05, 4.69) is 18.5 Å². The molecule has 0 spiro atoms. The van der Waals surface area contributed by atoms with E-state index in [9.17, 15) is 4.79 Å². The maximum Gasteiger partial charge on any atom is 0.311 e. The fourth-order valence-electron chi connectivity index (χ4n) is 0.972. The Morgan fingerprint density at radius 2 is 2.25 bits per heavy atom. The zero-order valence-corrected chi connectivity index (χ0v) is 6.97. The molecule has 3 nitrogen and oxygen atoms in total. The van der Waals surface area contributed by atoms with E-state index in [4.69, 9.17) is 5.11 Å². The van der Waals surface area contributed by atoms with Gasteiger partial charge in [-0.1, -0.05) is 13.2 Å². The van der Waals surface area contributed by atoms with Crippen LogP contribution in [0.5, 0.6) is 0 Å². The maximum atomic E-state index is 10.7. The van der Waals surface area contributed by atoms with E-state index in [1.807, 2.05) is 0 Å². The Labute approximate surface area is 71.8 Å². The van der Waals surface area contributed by atoms with Crippen LogP contribution in [0.2, 0.25) is 0 Å². The molecule has 0 heterocycles. The average molecular weight is 167 g/mol. The molecule has 0 saturated heterocycles. The summed E-state index contributed by atoms with van der Waals surface area (Å²) in [5.74, 6) is -0.716. The van der Waals surface area contributed by atoms with Crippen LogP contribution >= 0.6 is 0 Å². The number of carboxylic acid groups (broad SMARTS) is 1. The monoisotopic (exact) mass is 167 g/mol. The van der Waals surface area contributed by atoms with Gasteiger partial charge in [0.15, 0.2) is 0 Å². The Bertz CT molecular complexity index is 229. The van der Waals surface area contributed by atoms with Gasteiger partial charge in [-0.2, -0.15) is 0 Å². The lowest BCUT2D eigenvalue weighted by Gasteiger charge is -2.11. The van der Waals surface area contributed by atoms with Gasteiger partial charge < -0.3 is 10.4 Å². The standard InChI is InChI=1S/C9H13NO2/c1-3-7(2)10-6-9(4-5-9)8(11)12/h3,10H,1-2,4-6H2,(H,11,12). The Morgan fingerprint density at radius 3 is 2.58 bits per heavy atom. The molecule has 0 aromatic rings. The number of allylic oxidation sites excluding steroid dienone is 1. The number of aliphatic carboxylic acids is 1. The van der Waals surface area contributed by atoms with Crippen LogP contribution < -0.4 is 5.32 Å². The van der Waals surface area contributed by atoms with Gasteiger partial charge in [-0.05, 0) is 18.9 Å². The normalized spacial score (nSPS) is 18.0. The Hall–Kier alpha value is -1.25. The number of carboxylic acids is 1. The van der Waals surface area contributed by atoms with Gasteiger partial charge in [0.2, 0.25) is 0 Å². The molecule has 12 heavy (non-hydrogen) atoms. The first-order valence-electron chi connectivity index (χ1n) is 3.89. The van der Waals surface area contributed by atoms with Crippen LogP contribution in [0, 0.1) is 5.41 Å². The molecule has 0 atom stereocenters. The molecular formula is C9H13NO2. The minimum Gasteiger partial charge on any atom is -0.481 e. The number of rotatable bonds is 5. The predicted octanol–water partition coefficient (Wildman–Crippen LogP) is 1.14. The van der Waals surface area contributed by atoms with Crippen molar-refractivity contribution >= 4 is 5.97 Å². The Kier molecular flexibility index (Phi) is 2.22. The van der Waals surface area contributed by atoms with Gasteiger partial charge in [-0.15, -0.1) is 0 Å². The molecule has 1 aliphatic carbocycles. The van der Waals surface area contributed by atoms with Gasteiger partial charge in [0.1, 0.15) is 0 Å². The first kappa shape index (κ1) is 8.84. The van der Waals surface area contributed by atoms with Gasteiger partial charge in [0, 0.05) is 12.2 Å². The van der Waals surface area contributed by atoms with E-state index >= 15 is 0 Å². The van der Waals surface area contributed by atoms with E-state index in [1.54, 1.807) is 6.08 Å². The van der Waals surface area contributed by atoms with Gasteiger partial charge in [0.05, 0.1) is 5.41 Å². The molecule has 1 fully saturated rings. The summed E-state index contributed by atoms with van der Waals surface area (Å²) in [7, 11) is 0. The molecule has 0 radical (unpaired) electrons. The van der Waals surface area contributed by atoms with Crippen molar-refractivity contribution < 1.29 is 9.90 Å². The SMILES string of the molecule is C=CC(=C)NCC1(C(=O)O)CC1. The fraction of sp³-hybridized carbons (Fsp3) is 0.444. The van der Waals surface area contributed by atoms with Gasteiger partial charge in [-0.25, -0.2) is 0 Å². The average Bonchev–Trinajstić information content (AvgIpc) is 2.81. The molecule has 0 aliphatic heterocycles. The highest BCUT2D eigenvalue weighted by Crippen LogP contribution is 2.45. The molecule has 1 rings (SSSR count). The highest BCUT2D eigenvalue weighted by atomic mass is 16.4. The van der Waals surface area contributed by atoms with E-state index < -0.39 is 11.4 Å². The number of nitrogens with one attached hydrogen (secondary N) is 1. The number of carbonyl (C=O) groups is 1. The second-order valence-corrected chi connectivity index (χ2v) is 3.17. The second-order valence-electron chi connectivity index (χ2n) is 3.17. The van der Waals surface area contributed by atoms with Crippen molar-refractivity contribution in [2.75, 3.05) is 6.54 Å². The third-order valence-electron chi connectivity index (χ3n) is 2.21. The van der Waals surface area contributed by atoms with Crippen LogP contribution in [-0.4, -0.2) is 17.6 Å². The lowest BCUT2D eigenvalue weighted by molar-refractivity contribution is -0.143. The zero-order chi connectivity index (χ0) is 9.19. The lowest BCUT2D eigenvalue weighted by Crippen LogP contribution is -2.28. The molecule has 3 heteroatoms. The van der Waals surface area contributed by atoms with Gasteiger partial charge in [-0.3, -0.25) is 4.79 Å². The van der Waals surface area contributed by atoms with Crippen molar-refractivity contribution in [1.82, 2.24) is 5.32 Å². The van der Waals surface area contributed by atoms with Crippen LogP contribution in [-0.2, 0) is 4.79 Å². The van der Waals surface area contributed by atoms with Crippen molar-refractivity contribution in [3.63, 3.8) is 0 Å². The molecule has 66 valence electrons. The molecule has 1 saturated carbocycles. The molecule has 0 bridgehead atoms. The van der Waals surface area contributed by atoms with Gasteiger partial charge in [0.25, 0.3) is 0 Å². The second kappa shape index (κ2) is 3.01. The summed E-state index contributed by atoms with van der Waals surface area (Å²) in [6, 6.07) is 0. The molecule has 0 amide bonds.